The van der Waals surface area contributed by atoms with E-state index in [4.69, 9.17) is 0 Å². The van der Waals surface area contributed by atoms with Gasteiger partial charge in [0.25, 0.3) is 0 Å². The molecular formula is C14H18N2O3. The van der Waals surface area contributed by atoms with Crippen molar-refractivity contribution in [1.82, 2.24) is 4.98 Å². The second-order valence-electron chi connectivity index (χ2n) is 5.00. The molecule has 0 atom stereocenters. The van der Waals surface area contributed by atoms with Gasteiger partial charge in [-0.05, 0) is 18.2 Å². The maximum Gasteiger partial charge on any atom is 0.330 e. The van der Waals surface area contributed by atoms with Crippen LogP contribution in [0.25, 0.3) is 6.08 Å². The molecule has 0 aliphatic carbocycles. The van der Waals surface area contributed by atoms with Gasteiger partial charge in [0, 0.05) is 23.3 Å². The van der Waals surface area contributed by atoms with Crippen LogP contribution in [0.15, 0.2) is 24.4 Å². The van der Waals surface area contributed by atoms with Crippen LogP contribution in [0.2, 0.25) is 0 Å². The molecule has 0 aromatic carbocycles. The Morgan fingerprint density at radius 2 is 2.05 bits per heavy atom. The summed E-state index contributed by atoms with van der Waals surface area (Å²) in [4.78, 5) is 27.1. The number of methoxy groups -OCH3 is 1. The van der Waals surface area contributed by atoms with E-state index in [1.165, 1.54) is 13.2 Å². The molecule has 0 saturated heterocycles. The molecule has 0 spiro atoms. The molecule has 0 radical (unpaired) electrons. The van der Waals surface area contributed by atoms with Gasteiger partial charge in [0.05, 0.1) is 7.11 Å². The Labute approximate surface area is 112 Å². The molecule has 102 valence electrons. The Bertz CT molecular complexity index is 502. The van der Waals surface area contributed by atoms with E-state index in [0.29, 0.717) is 11.4 Å². The lowest BCUT2D eigenvalue weighted by Crippen LogP contribution is -2.28. The van der Waals surface area contributed by atoms with Crippen LogP contribution in [0.3, 0.4) is 0 Å². The predicted octanol–water partition coefficient (Wildman–Crippen LogP) is 2.25. The molecular weight excluding hydrogens is 244 g/mol. The maximum atomic E-state index is 11.9. The number of nitrogens with one attached hydrogen (secondary N) is 1. The number of aromatic nitrogens is 1. The average Bonchev–Trinajstić information content (AvgIpc) is 2.36. The summed E-state index contributed by atoms with van der Waals surface area (Å²) in [5, 5.41) is 2.74. The molecule has 19 heavy (non-hydrogen) atoms. The molecule has 5 heteroatoms. The van der Waals surface area contributed by atoms with E-state index < -0.39 is 11.4 Å². The Hall–Kier alpha value is -2.17. The number of carbonyl (C=O) groups excluding carboxylic acids is 2. The highest BCUT2D eigenvalue weighted by Crippen LogP contribution is 2.19. The van der Waals surface area contributed by atoms with Crippen molar-refractivity contribution in [3.8, 4) is 0 Å². The van der Waals surface area contributed by atoms with Crippen molar-refractivity contribution in [3.63, 3.8) is 0 Å². The van der Waals surface area contributed by atoms with Crippen LogP contribution in [0.4, 0.5) is 5.82 Å². The molecule has 1 heterocycles. The zero-order chi connectivity index (χ0) is 14.5. The zero-order valence-electron chi connectivity index (χ0n) is 11.6. The van der Waals surface area contributed by atoms with E-state index in [2.05, 4.69) is 15.0 Å². The molecule has 1 N–H and O–H groups in total. The van der Waals surface area contributed by atoms with Crippen LogP contribution in [0.5, 0.6) is 0 Å². The predicted molar refractivity (Wildman–Crippen MR) is 73.4 cm³/mol. The first-order valence-corrected chi connectivity index (χ1v) is 5.87. The van der Waals surface area contributed by atoms with E-state index in [9.17, 15) is 9.59 Å². The standard InChI is InChI=1S/C14H18N2O3/c1-14(2,3)13(18)16-12-10(6-5-9-15-12)7-8-11(17)19-4/h5-9H,1-4H3,(H,15,16,18)/b8-7+. The first-order chi connectivity index (χ1) is 8.84. The summed E-state index contributed by atoms with van der Waals surface area (Å²) in [5.74, 6) is -0.182. The molecule has 1 aromatic rings. The van der Waals surface area contributed by atoms with Gasteiger partial charge in [0.15, 0.2) is 0 Å². The Kier molecular flexibility index (Phi) is 4.80. The van der Waals surface area contributed by atoms with E-state index in [-0.39, 0.29) is 5.91 Å². The lowest BCUT2D eigenvalue weighted by molar-refractivity contribution is -0.134. The molecule has 0 aliphatic rings. The first kappa shape index (κ1) is 14.9. The van der Waals surface area contributed by atoms with Crippen molar-refractivity contribution in [2.24, 2.45) is 5.41 Å². The summed E-state index contributed by atoms with van der Waals surface area (Å²) in [6, 6.07) is 3.48. The number of hydrogen-bond acceptors (Lipinski definition) is 4. The zero-order valence-corrected chi connectivity index (χ0v) is 11.6. The molecule has 1 rings (SSSR count). The van der Waals surface area contributed by atoms with Gasteiger partial charge in [0.1, 0.15) is 5.82 Å². The smallest absolute Gasteiger partial charge is 0.330 e. The quantitative estimate of drug-likeness (QED) is 0.670. The fourth-order valence-electron chi connectivity index (χ4n) is 1.18. The number of hydrogen-bond donors (Lipinski definition) is 1. The van der Waals surface area contributed by atoms with Crippen molar-refractivity contribution < 1.29 is 14.3 Å². The molecule has 0 fully saturated rings. The van der Waals surface area contributed by atoms with Crippen molar-refractivity contribution in [2.45, 2.75) is 20.8 Å². The topological polar surface area (TPSA) is 68.3 Å². The fourth-order valence-corrected chi connectivity index (χ4v) is 1.18. The van der Waals surface area contributed by atoms with Gasteiger partial charge in [-0.2, -0.15) is 0 Å². The van der Waals surface area contributed by atoms with Crippen LogP contribution in [-0.4, -0.2) is 24.0 Å². The van der Waals surface area contributed by atoms with Gasteiger partial charge >= 0.3 is 5.97 Å². The number of carbonyl (C=O) groups is 2. The SMILES string of the molecule is COC(=O)/C=C/c1cccnc1NC(=O)C(C)(C)C. The number of amides is 1. The van der Waals surface area contributed by atoms with Crippen molar-refractivity contribution in [3.05, 3.63) is 30.0 Å². The fraction of sp³-hybridized carbons (Fsp3) is 0.357. The van der Waals surface area contributed by atoms with Gasteiger partial charge in [-0.25, -0.2) is 9.78 Å². The number of esters is 1. The summed E-state index contributed by atoms with van der Waals surface area (Å²) in [7, 11) is 1.30. The normalized spacial score (nSPS) is 11.4. The van der Waals surface area contributed by atoms with Crippen molar-refractivity contribution >= 4 is 23.8 Å². The third-order valence-corrected chi connectivity index (χ3v) is 2.35. The highest BCUT2D eigenvalue weighted by Gasteiger charge is 2.22. The van der Waals surface area contributed by atoms with E-state index in [1.807, 2.05) is 20.8 Å². The summed E-state index contributed by atoms with van der Waals surface area (Å²) in [6.45, 7) is 5.44. The highest BCUT2D eigenvalue weighted by molar-refractivity contribution is 5.96. The largest absolute Gasteiger partial charge is 0.466 e. The van der Waals surface area contributed by atoms with E-state index >= 15 is 0 Å². The van der Waals surface area contributed by atoms with Crippen molar-refractivity contribution in [2.75, 3.05) is 12.4 Å². The Morgan fingerprint density at radius 3 is 2.63 bits per heavy atom. The minimum atomic E-state index is -0.513. The van der Waals surface area contributed by atoms with Gasteiger partial charge in [0.2, 0.25) is 5.91 Å². The molecule has 1 amide bonds. The van der Waals surface area contributed by atoms with Crippen LogP contribution >= 0.6 is 0 Å². The number of anilines is 1. The van der Waals surface area contributed by atoms with Gasteiger partial charge in [-0.15, -0.1) is 0 Å². The summed E-state index contributed by atoms with van der Waals surface area (Å²) in [5.41, 5.74) is 0.131. The van der Waals surface area contributed by atoms with E-state index in [1.54, 1.807) is 24.4 Å². The first-order valence-electron chi connectivity index (χ1n) is 5.87. The molecule has 0 bridgehead atoms. The minimum absolute atomic E-state index is 0.140. The van der Waals surface area contributed by atoms with Gasteiger partial charge in [-0.3, -0.25) is 4.79 Å². The Morgan fingerprint density at radius 1 is 1.37 bits per heavy atom. The lowest BCUT2D eigenvalue weighted by Gasteiger charge is -2.17. The number of ether oxygens (including phenoxy) is 1. The third-order valence-electron chi connectivity index (χ3n) is 2.35. The summed E-state index contributed by atoms with van der Waals surface area (Å²) < 4.78 is 4.51. The molecule has 0 unspecified atom stereocenters. The second kappa shape index (κ2) is 6.13. The van der Waals surface area contributed by atoms with Gasteiger partial charge in [-0.1, -0.05) is 20.8 Å². The summed E-state index contributed by atoms with van der Waals surface area (Å²) >= 11 is 0. The highest BCUT2D eigenvalue weighted by atomic mass is 16.5. The van der Waals surface area contributed by atoms with Crippen LogP contribution < -0.4 is 5.32 Å². The third kappa shape index (κ3) is 4.54. The molecule has 1 aromatic heterocycles. The van der Waals surface area contributed by atoms with Crippen LogP contribution in [0.1, 0.15) is 26.3 Å². The van der Waals surface area contributed by atoms with E-state index in [0.717, 1.165) is 0 Å². The maximum absolute atomic E-state index is 11.9. The molecule has 5 nitrogen and oxygen atoms in total. The number of pyridine rings is 1. The minimum Gasteiger partial charge on any atom is -0.466 e. The van der Waals surface area contributed by atoms with Crippen LogP contribution in [-0.2, 0) is 14.3 Å². The van der Waals surface area contributed by atoms with Gasteiger partial charge < -0.3 is 10.1 Å². The average molecular weight is 262 g/mol. The second-order valence-corrected chi connectivity index (χ2v) is 5.00. The summed E-state index contributed by atoms with van der Waals surface area (Å²) in [6.07, 6.45) is 4.41. The number of rotatable bonds is 3. The number of nitrogens with zero attached hydrogens (tertiary/aromatic N) is 1. The van der Waals surface area contributed by atoms with Crippen molar-refractivity contribution in [1.29, 1.82) is 0 Å². The Balaban J connectivity index is 2.94. The lowest BCUT2D eigenvalue weighted by atomic mass is 9.95. The molecule has 0 saturated carbocycles. The molecule has 0 aliphatic heterocycles. The monoisotopic (exact) mass is 262 g/mol. The van der Waals surface area contributed by atoms with Crippen LogP contribution in [0, 0.1) is 5.41 Å².